The summed E-state index contributed by atoms with van der Waals surface area (Å²) in [6.07, 6.45) is 0. The van der Waals surface area contributed by atoms with Crippen LogP contribution in [-0.4, -0.2) is 32.9 Å². The molecular weight excluding hydrogens is 400 g/mol. The molecule has 2 aromatic carbocycles. The second-order valence-electron chi connectivity index (χ2n) is 7.12. The number of para-hydroxylation sites is 1. The van der Waals surface area contributed by atoms with Crippen LogP contribution in [0.15, 0.2) is 58.5 Å². The maximum atomic E-state index is 13.2. The van der Waals surface area contributed by atoms with E-state index in [-0.39, 0.29) is 18.0 Å². The number of fused-ring (bicyclic) bond motifs is 4. The Labute approximate surface area is 176 Å². The lowest BCUT2D eigenvalue weighted by molar-refractivity contribution is -0.121. The van der Waals surface area contributed by atoms with Crippen LogP contribution < -0.4 is 15.6 Å². The molecule has 0 bridgehead atoms. The van der Waals surface area contributed by atoms with Crippen LogP contribution in [0, 0.1) is 0 Å². The van der Waals surface area contributed by atoms with E-state index in [0.29, 0.717) is 24.1 Å². The number of carbonyl (C=O) groups excluding carboxylic acids is 1. The van der Waals surface area contributed by atoms with Gasteiger partial charge in [0.05, 0.1) is 12.6 Å². The van der Waals surface area contributed by atoms with Crippen molar-refractivity contribution in [3.8, 4) is 5.75 Å². The predicted molar refractivity (Wildman–Crippen MR) is 117 cm³/mol. The molecular formula is C22H20N4O3S. The first-order chi connectivity index (χ1) is 14.7. The summed E-state index contributed by atoms with van der Waals surface area (Å²) in [7, 11) is 1.62. The molecule has 30 heavy (non-hydrogen) atoms. The van der Waals surface area contributed by atoms with Gasteiger partial charge in [-0.25, -0.2) is 4.98 Å². The van der Waals surface area contributed by atoms with E-state index in [1.807, 2.05) is 48.5 Å². The zero-order chi connectivity index (χ0) is 20.7. The number of hydrogen-bond acceptors (Lipinski definition) is 5. The van der Waals surface area contributed by atoms with Crippen LogP contribution in [0.4, 0.5) is 0 Å². The highest BCUT2D eigenvalue weighted by molar-refractivity contribution is 7.99. The summed E-state index contributed by atoms with van der Waals surface area (Å²) in [4.78, 5) is 30.7. The number of methoxy groups -OCH3 is 1. The number of nitrogens with zero attached hydrogens (tertiary/aromatic N) is 3. The number of hydrogen-bond donors (Lipinski definition) is 1. The molecule has 0 atom stereocenters. The highest BCUT2D eigenvalue weighted by Crippen LogP contribution is 2.29. The molecule has 0 aliphatic carbocycles. The second kappa shape index (κ2) is 7.53. The van der Waals surface area contributed by atoms with E-state index in [4.69, 9.17) is 9.72 Å². The number of nitrogens with one attached hydrogen (secondary N) is 1. The van der Waals surface area contributed by atoms with Crippen LogP contribution in [0.3, 0.4) is 0 Å². The third kappa shape index (κ3) is 3.13. The molecule has 3 heterocycles. The lowest BCUT2D eigenvalue weighted by Gasteiger charge is -2.10. The quantitative estimate of drug-likeness (QED) is 0.503. The molecule has 0 fully saturated rings. The molecule has 4 aromatic rings. The Morgan fingerprint density at radius 2 is 2.00 bits per heavy atom. The van der Waals surface area contributed by atoms with Gasteiger partial charge in [0.2, 0.25) is 5.91 Å². The zero-order valence-corrected chi connectivity index (χ0v) is 17.2. The second-order valence-corrected chi connectivity index (χ2v) is 8.19. The molecule has 0 spiro atoms. The molecule has 2 aromatic heterocycles. The Morgan fingerprint density at radius 3 is 2.80 bits per heavy atom. The van der Waals surface area contributed by atoms with E-state index in [1.165, 1.54) is 0 Å². The molecule has 0 saturated carbocycles. The molecule has 0 saturated heterocycles. The molecule has 0 unspecified atom stereocenters. The topological polar surface area (TPSA) is 78.2 Å². The fourth-order valence-electron chi connectivity index (χ4n) is 3.83. The van der Waals surface area contributed by atoms with Gasteiger partial charge in [-0.05, 0) is 23.8 Å². The fraction of sp³-hybridized carbons (Fsp3) is 0.227. The largest absolute Gasteiger partial charge is 0.497 e. The summed E-state index contributed by atoms with van der Waals surface area (Å²) in [5, 5.41) is 4.58. The molecule has 8 heteroatoms. The van der Waals surface area contributed by atoms with E-state index in [1.54, 1.807) is 28.0 Å². The minimum Gasteiger partial charge on any atom is -0.497 e. The van der Waals surface area contributed by atoms with Gasteiger partial charge in [-0.2, -0.15) is 0 Å². The Bertz CT molecular complexity index is 1320. The Kier molecular flexibility index (Phi) is 4.71. The summed E-state index contributed by atoms with van der Waals surface area (Å²) in [5.41, 5.74) is 2.88. The minimum absolute atomic E-state index is 0.0591. The van der Waals surface area contributed by atoms with Gasteiger partial charge in [-0.15, -0.1) is 0 Å². The van der Waals surface area contributed by atoms with Crippen LogP contribution in [-0.2, 0) is 24.4 Å². The van der Waals surface area contributed by atoms with Gasteiger partial charge < -0.3 is 14.6 Å². The van der Waals surface area contributed by atoms with Crippen molar-refractivity contribution in [2.75, 3.05) is 12.9 Å². The number of rotatable bonds is 5. The average Bonchev–Trinajstić information content (AvgIpc) is 3.37. The van der Waals surface area contributed by atoms with Crippen LogP contribution in [0.5, 0.6) is 5.75 Å². The Morgan fingerprint density at radius 1 is 1.20 bits per heavy atom. The van der Waals surface area contributed by atoms with Crippen molar-refractivity contribution in [3.63, 3.8) is 0 Å². The van der Waals surface area contributed by atoms with Crippen LogP contribution >= 0.6 is 11.8 Å². The van der Waals surface area contributed by atoms with Crippen molar-refractivity contribution in [2.24, 2.45) is 0 Å². The van der Waals surface area contributed by atoms with E-state index >= 15 is 0 Å². The number of amides is 1. The molecule has 152 valence electrons. The third-order valence-corrected chi connectivity index (χ3v) is 6.28. The lowest BCUT2D eigenvalue weighted by Crippen LogP contribution is -2.29. The number of benzene rings is 2. The van der Waals surface area contributed by atoms with E-state index in [9.17, 15) is 9.59 Å². The SMILES string of the molecule is COc1ccc(CNC(=O)Cn2c3ccccc3c3nc4n(c(=O)c32)CCS4)cc1. The summed E-state index contributed by atoms with van der Waals surface area (Å²) >= 11 is 1.59. The van der Waals surface area contributed by atoms with E-state index in [0.717, 1.165) is 33.1 Å². The van der Waals surface area contributed by atoms with Gasteiger partial charge in [0, 0.05) is 24.2 Å². The standard InChI is InChI=1S/C22H20N4O3S/c1-29-15-8-6-14(7-9-15)12-23-18(27)13-26-17-5-3-2-4-16(17)19-20(26)21(28)25-10-11-30-22(25)24-19/h2-9H,10-13H2,1H3,(H,23,27). The van der Waals surface area contributed by atoms with E-state index < -0.39 is 0 Å². The molecule has 5 rings (SSSR count). The van der Waals surface area contributed by atoms with Gasteiger partial charge >= 0.3 is 0 Å². The van der Waals surface area contributed by atoms with Crippen molar-refractivity contribution < 1.29 is 9.53 Å². The lowest BCUT2D eigenvalue weighted by atomic mass is 10.2. The number of aromatic nitrogens is 3. The van der Waals surface area contributed by atoms with Gasteiger partial charge in [0.1, 0.15) is 23.3 Å². The van der Waals surface area contributed by atoms with Gasteiger partial charge in [-0.1, -0.05) is 42.1 Å². The first-order valence-electron chi connectivity index (χ1n) is 9.70. The average molecular weight is 420 g/mol. The third-order valence-electron chi connectivity index (χ3n) is 5.33. The Hall–Kier alpha value is -3.26. The zero-order valence-electron chi connectivity index (χ0n) is 16.4. The first kappa shape index (κ1) is 18.7. The first-order valence-corrected chi connectivity index (χ1v) is 10.7. The number of ether oxygens (including phenoxy) is 1. The van der Waals surface area contributed by atoms with Crippen LogP contribution in [0.1, 0.15) is 5.56 Å². The minimum atomic E-state index is -0.159. The normalized spacial score (nSPS) is 13.0. The van der Waals surface area contributed by atoms with Gasteiger partial charge in [0.15, 0.2) is 5.16 Å². The molecule has 1 amide bonds. The highest BCUT2D eigenvalue weighted by Gasteiger charge is 2.23. The number of thioether (sulfide) groups is 1. The van der Waals surface area contributed by atoms with Crippen molar-refractivity contribution in [1.82, 2.24) is 19.4 Å². The molecule has 0 radical (unpaired) electrons. The summed E-state index contributed by atoms with van der Waals surface area (Å²) < 4.78 is 8.66. The highest BCUT2D eigenvalue weighted by atomic mass is 32.2. The predicted octanol–water partition coefficient (Wildman–Crippen LogP) is 2.78. The summed E-state index contributed by atoms with van der Waals surface area (Å²) in [5.74, 6) is 1.46. The maximum absolute atomic E-state index is 13.2. The summed E-state index contributed by atoms with van der Waals surface area (Å²) in [6.45, 7) is 1.11. The van der Waals surface area contributed by atoms with Crippen molar-refractivity contribution in [3.05, 3.63) is 64.4 Å². The molecule has 1 N–H and O–H groups in total. The van der Waals surface area contributed by atoms with Crippen molar-refractivity contribution in [2.45, 2.75) is 24.8 Å². The Balaban J connectivity index is 1.48. The van der Waals surface area contributed by atoms with Gasteiger partial charge in [-0.3, -0.25) is 14.2 Å². The van der Waals surface area contributed by atoms with E-state index in [2.05, 4.69) is 5.32 Å². The van der Waals surface area contributed by atoms with Crippen molar-refractivity contribution in [1.29, 1.82) is 0 Å². The van der Waals surface area contributed by atoms with Crippen LogP contribution in [0.2, 0.25) is 0 Å². The smallest absolute Gasteiger partial charge is 0.278 e. The maximum Gasteiger partial charge on any atom is 0.278 e. The monoisotopic (exact) mass is 420 g/mol. The van der Waals surface area contributed by atoms with Crippen molar-refractivity contribution >= 4 is 39.6 Å². The molecule has 1 aliphatic heterocycles. The molecule has 1 aliphatic rings. The fourth-order valence-corrected chi connectivity index (χ4v) is 4.77. The molecule has 7 nitrogen and oxygen atoms in total. The van der Waals surface area contributed by atoms with Crippen LogP contribution in [0.25, 0.3) is 21.9 Å². The summed E-state index contributed by atoms with van der Waals surface area (Å²) in [6, 6.07) is 15.3. The number of carbonyl (C=O) groups is 1. The van der Waals surface area contributed by atoms with Gasteiger partial charge in [0.25, 0.3) is 5.56 Å².